The SMILES string of the molecule is CC1(C)CC(c2ccccc2)Nc2c(C(=O)N3CC[C@H](O)C3)cnn21. The van der Waals surface area contributed by atoms with Gasteiger partial charge in [-0.2, -0.15) is 5.10 Å². The number of aliphatic hydroxyl groups is 1. The van der Waals surface area contributed by atoms with Crippen LogP contribution in [0.15, 0.2) is 36.5 Å². The van der Waals surface area contributed by atoms with Gasteiger partial charge in [-0.15, -0.1) is 0 Å². The average molecular weight is 340 g/mol. The van der Waals surface area contributed by atoms with E-state index in [9.17, 15) is 9.90 Å². The summed E-state index contributed by atoms with van der Waals surface area (Å²) in [5, 5.41) is 17.7. The Bertz CT molecular complexity index is 784. The molecule has 1 amide bonds. The molecule has 1 aromatic heterocycles. The van der Waals surface area contributed by atoms with E-state index in [0.717, 1.165) is 12.2 Å². The molecule has 25 heavy (non-hydrogen) atoms. The van der Waals surface area contributed by atoms with Crippen molar-refractivity contribution in [2.24, 2.45) is 0 Å². The predicted octanol–water partition coefficient (Wildman–Crippen LogP) is 2.38. The van der Waals surface area contributed by atoms with E-state index in [1.165, 1.54) is 5.56 Å². The van der Waals surface area contributed by atoms with Gasteiger partial charge < -0.3 is 15.3 Å². The van der Waals surface area contributed by atoms with Gasteiger partial charge in [0, 0.05) is 13.1 Å². The first-order valence-electron chi connectivity index (χ1n) is 8.83. The molecule has 3 heterocycles. The van der Waals surface area contributed by atoms with Crippen molar-refractivity contribution in [2.45, 2.75) is 44.4 Å². The summed E-state index contributed by atoms with van der Waals surface area (Å²) in [4.78, 5) is 14.6. The van der Waals surface area contributed by atoms with Crippen molar-refractivity contribution in [3.8, 4) is 0 Å². The molecule has 1 unspecified atom stereocenters. The Labute approximate surface area is 147 Å². The van der Waals surface area contributed by atoms with Crippen molar-refractivity contribution < 1.29 is 9.90 Å². The summed E-state index contributed by atoms with van der Waals surface area (Å²) in [6.45, 7) is 5.29. The van der Waals surface area contributed by atoms with Gasteiger partial charge >= 0.3 is 0 Å². The third-order valence-corrected chi connectivity index (χ3v) is 5.24. The number of nitrogens with one attached hydrogen (secondary N) is 1. The predicted molar refractivity (Wildman–Crippen MR) is 95.5 cm³/mol. The molecule has 2 atom stereocenters. The zero-order chi connectivity index (χ0) is 17.6. The minimum absolute atomic E-state index is 0.0604. The van der Waals surface area contributed by atoms with Gasteiger partial charge in [-0.1, -0.05) is 30.3 Å². The normalized spacial score (nSPS) is 24.7. The van der Waals surface area contributed by atoms with Crippen molar-refractivity contribution in [1.29, 1.82) is 0 Å². The summed E-state index contributed by atoms with van der Waals surface area (Å²) < 4.78 is 1.92. The van der Waals surface area contributed by atoms with E-state index < -0.39 is 6.10 Å². The number of benzene rings is 1. The zero-order valence-electron chi connectivity index (χ0n) is 14.6. The van der Waals surface area contributed by atoms with Crippen LogP contribution in [0.4, 0.5) is 5.82 Å². The van der Waals surface area contributed by atoms with Gasteiger partial charge in [-0.25, -0.2) is 4.68 Å². The Hall–Kier alpha value is -2.34. The maximum atomic E-state index is 12.9. The lowest BCUT2D eigenvalue weighted by Crippen LogP contribution is -2.38. The molecule has 0 aliphatic carbocycles. The van der Waals surface area contributed by atoms with Crippen LogP contribution in [0.25, 0.3) is 0 Å². The van der Waals surface area contributed by atoms with E-state index in [1.807, 2.05) is 22.9 Å². The fourth-order valence-electron chi connectivity index (χ4n) is 3.89. The van der Waals surface area contributed by atoms with Crippen LogP contribution >= 0.6 is 0 Å². The molecule has 1 aromatic carbocycles. The first kappa shape index (κ1) is 16.1. The van der Waals surface area contributed by atoms with Crippen LogP contribution in [-0.4, -0.2) is 44.9 Å². The standard InChI is InChI=1S/C19H24N4O2/c1-19(2)10-16(13-6-4-3-5-7-13)21-17-15(11-20-23(17)19)18(25)22-9-8-14(24)12-22/h3-7,11,14,16,21,24H,8-10,12H2,1-2H3/t14-,16?/m0/s1. The second-order valence-electron chi connectivity index (χ2n) is 7.64. The first-order chi connectivity index (χ1) is 12.0. The average Bonchev–Trinajstić information content (AvgIpc) is 3.21. The topological polar surface area (TPSA) is 70.4 Å². The largest absolute Gasteiger partial charge is 0.391 e. The van der Waals surface area contributed by atoms with Gasteiger partial charge in [0.05, 0.1) is 23.9 Å². The molecule has 0 bridgehead atoms. The number of hydrogen-bond donors (Lipinski definition) is 2. The Morgan fingerprint density at radius 3 is 2.76 bits per heavy atom. The number of β-amino-alcohol motifs (C(OH)–C–C–N with tert-alkyl or cyclic N) is 1. The number of fused-ring (bicyclic) bond motifs is 1. The Morgan fingerprint density at radius 1 is 1.32 bits per heavy atom. The molecule has 0 saturated carbocycles. The lowest BCUT2D eigenvalue weighted by Gasteiger charge is -2.38. The van der Waals surface area contributed by atoms with Crippen molar-refractivity contribution in [3.63, 3.8) is 0 Å². The minimum Gasteiger partial charge on any atom is -0.391 e. The highest BCUT2D eigenvalue weighted by atomic mass is 16.3. The van der Waals surface area contributed by atoms with E-state index in [1.54, 1.807) is 11.1 Å². The molecule has 6 heteroatoms. The highest BCUT2D eigenvalue weighted by Gasteiger charge is 2.38. The number of anilines is 1. The number of aromatic nitrogens is 2. The zero-order valence-corrected chi connectivity index (χ0v) is 14.6. The van der Waals surface area contributed by atoms with Crippen molar-refractivity contribution >= 4 is 11.7 Å². The Balaban J connectivity index is 1.68. The van der Waals surface area contributed by atoms with Crippen LogP contribution in [0.2, 0.25) is 0 Å². The molecule has 1 saturated heterocycles. The van der Waals surface area contributed by atoms with Crippen molar-refractivity contribution in [3.05, 3.63) is 47.7 Å². The minimum atomic E-state index is -0.420. The number of amides is 1. The number of aliphatic hydroxyl groups excluding tert-OH is 1. The summed E-state index contributed by atoms with van der Waals surface area (Å²) >= 11 is 0. The van der Waals surface area contributed by atoms with Gasteiger partial charge in [-0.05, 0) is 32.3 Å². The smallest absolute Gasteiger partial charge is 0.259 e. The van der Waals surface area contributed by atoms with E-state index in [2.05, 4.69) is 36.4 Å². The molecule has 0 spiro atoms. The second kappa shape index (κ2) is 5.88. The maximum absolute atomic E-state index is 12.9. The lowest BCUT2D eigenvalue weighted by molar-refractivity contribution is 0.0765. The first-order valence-corrected chi connectivity index (χ1v) is 8.83. The van der Waals surface area contributed by atoms with Crippen LogP contribution in [0.1, 0.15) is 48.7 Å². The summed E-state index contributed by atoms with van der Waals surface area (Å²) in [7, 11) is 0. The third-order valence-electron chi connectivity index (χ3n) is 5.24. The van der Waals surface area contributed by atoms with E-state index in [0.29, 0.717) is 25.1 Å². The van der Waals surface area contributed by atoms with E-state index in [4.69, 9.17) is 0 Å². The quantitative estimate of drug-likeness (QED) is 0.881. The molecular formula is C19H24N4O2. The summed E-state index contributed by atoms with van der Waals surface area (Å²) in [6, 6.07) is 10.4. The summed E-state index contributed by atoms with van der Waals surface area (Å²) in [5.41, 5.74) is 1.60. The monoisotopic (exact) mass is 340 g/mol. The van der Waals surface area contributed by atoms with E-state index in [-0.39, 0.29) is 17.5 Å². The van der Waals surface area contributed by atoms with Crippen molar-refractivity contribution in [2.75, 3.05) is 18.4 Å². The molecule has 2 aliphatic rings. The molecule has 0 radical (unpaired) electrons. The van der Waals surface area contributed by atoms with Crippen LogP contribution < -0.4 is 5.32 Å². The maximum Gasteiger partial charge on any atom is 0.259 e. The number of hydrogen-bond acceptors (Lipinski definition) is 4. The fourth-order valence-corrected chi connectivity index (χ4v) is 3.89. The van der Waals surface area contributed by atoms with Crippen LogP contribution in [0.3, 0.4) is 0 Å². The van der Waals surface area contributed by atoms with Gasteiger partial charge in [0.2, 0.25) is 0 Å². The number of nitrogens with zero attached hydrogens (tertiary/aromatic N) is 3. The second-order valence-corrected chi connectivity index (χ2v) is 7.64. The summed E-state index contributed by atoms with van der Waals surface area (Å²) in [6.07, 6.45) is 2.77. The highest BCUT2D eigenvalue weighted by molar-refractivity contribution is 5.99. The highest BCUT2D eigenvalue weighted by Crippen LogP contribution is 2.40. The molecule has 2 N–H and O–H groups in total. The molecule has 4 rings (SSSR count). The Morgan fingerprint density at radius 2 is 2.08 bits per heavy atom. The van der Waals surface area contributed by atoms with Crippen molar-refractivity contribution in [1.82, 2.24) is 14.7 Å². The van der Waals surface area contributed by atoms with Gasteiger partial charge in [0.25, 0.3) is 5.91 Å². The van der Waals surface area contributed by atoms with Crippen LogP contribution in [-0.2, 0) is 5.54 Å². The molecule has 1 fully saturated rings. The molecule has 6 nitrogen and oxygen atoms in total. The number of rotatable bonds is 2. The molecule has 2 aromatic rings. The Kier molecular flexibility index (Phi) is 3.80. The molecule has 132 valence electrons. The number of carbonyl (C=O) groups excluding carboxylic acids is 1. The van der Waals surface area contributed by atoms with Gasteiger partial charge in [0.1, 0.15) is 11.4 Å². The van der Waals surface area contributed by atoms with Crippen LogP contribution in [0, 0.1) is 0 Å². The van der Waals surface area contributed by atoms with Gasteiger partial charge in [0.15, 0.2) is 0 Å². The van der Waals surface area contributed by atoms with E-state index >= 15 is 0 Å². The fraction of sp³-hybridized carbons (Fsp3) is 0.474. The molecular weight excluding hydrogens is 316 g/mol. The van der Waals surface area contributed by atoms with Crippen LogP contribution in [0.5, 0.6) is 0 Å². The molecule has 2 aliphatic heterocycles. The van der Waals surface area contributed by atoms with Gasteiger partial charge in [-0.3, -0.25) is 4.79 Å². The number of carbonyl (C=O) groups is 1. The number of likely N-dealkylation sites (tertiary alicyclic amines) is 1. The third kappa shape index (κ3) is 2.80. The summed E-state index contributed by atoms with van der Waals surface area (Å²) in [5.74, 6) is 0.714. The lowest BCUT2D eigenvalue weighted by atomic mass is 9.89.